The van der Waals surface area contributed by atoms with Crippen LogP contribution in [0.25, 0.3) is 11.1 Å². The summed E-state index contributed by atoms with van der Waals surface area (Å²) in [6.07, 6.45) is 0.768. The summed E-state index contributed by atoms with van der Waals surface area (Å²) in [7, 11) is 0. The molecule has 0 bridgehead atoms. The van der Waals surface area contributed by atoms with E-state index in [2.05, 4.69) is 4.90 Å². The summed E-state index contributed by atoms with van der Waals surface area (Å²) in [4.78, 5) is 2.28. The molecule has 0 aromatic heterocycles. The van der Waals surface area contributed by atoms with Gasteiger partial charge < -0.3 is 19.8 Å². The lowest BCUT2D eigenvalue weighted by atomic mass is 9.85. The minimum Gasteiger partial charge on any atom is -0.508 e. The molecule has 2 aliphatic rings. The van der Waals surface area contributed by atoms with Crippen molar-refractivity contribution in [2.24, 2.45) is 5.92 Å². The van der Waals surface area contributed by atoms with Gasteiger partial charge in [0.05, 0.1) is 0 Å². The molecule has 2 N–H and O–H groups in total. The fourth-order valence-electron chi connectivity index (χ4n) is 4.78. The molecular formula is C29H31NO3. The SMILES string of the molecule is [2H]C([2H])CCN1CC(Cc2ccc(C3Oc4cc(O)ccc4C(C([2H])([2H])[2H])=C3c3ccc(O)cc3)cc2)C1. The third-order valence-corrected chi connectivity index (χ3v) is 6.47. The Hall–Kier alpha value is -3.24. The van der Waals surface area contributed by atoms with Gasteiger partial charge in [-0.05, 0) is 78.7 Å². The van der Waals surface area contributed by atoms with Crippen LogP contribution in [0.3, 0.4) is 0 Å². The Morgan fingerprint density at radius 1 is 0.970 bits per heavy atom. The molecule has 2 aliphatic heterocycles. The molecule has 0 aliphatic carbocycles. The Morgan fingerprint density at radius 3 is 2.45 bits per heavy atom. The summed E-state index contributed by atoms with van der Waals surface area (Å²) in [6.45, 7) is -0.490. The monoisotopic (exact) mass is 446 g/mol. The van der Waals surface area contributed by atoms with E-state index in [0.717, 1.165) is 31.6 Å². The van der Waals surface area contributed by atoms with E-state index >= 15 is 0 Å². The average Bonchev–Trinajstić information content (AvgIpc) is 2.84. The number of nitrogens with zero attached hydrogens (tertiary/aromatic N) is 1. The highest BCUT2D eigenvalue weighted by Gasteiger charge is 2.30. The molecule has 0 radical (unpaired) electrons. The average molecular weight is 447 g/mol. The van der Waals surface area contributed by atoms with Crippen molar-refractivity contribution in [3.63, 3.8) is 0 Å². The van der Waals surface area contributed by atoms with E-state index in [0.29, 0.717) is 34.8 Å². The molecule has 3 aromatic rings. The Bertz CT molecular complexity index is 1310. The van der Waals surface area contributed by atoms with Gasteiger partial charge in [0.25, 0.3) is 0 Å². The Labute approximate surface area is 202 Å². The number of benzene rings is 3. The van der Waals surface area contributed by atoms with Crippen molar-refractivity contribution in [1.29, 1.82) is 0 Å². The second kappa shape index (κ2) is 8.95. The smallest absolute Gasteiger partial charge is 0.150 e. The van der Waals surface area contributed by atoms with E-state index in [9.17, 15) is 10.2 Å². The van der Waals surface area contributed by atoms with Gasteiger partial charge in [-0.25, -0.2) is 0 Å². The summed E-state index contributed by atoms with van der Waals surface area (Å²) in [5.74, 6) is 0.920. The lowest BCUT2D eigenvalue weighted by molar-refractivity contribution is 0.101. The molecule has 1 fully saturated rings. The first-order chi connectivity index (χ1) is 18.1. The van der Waals surface area contributed by atoms with E-state index in [-0.39, 0.29) is 17.1 Å². The van der Waals surface area contributed by atoms with Gasteiger partial charge in [0.15, 0.2) is 0 Å². The topological polar surface area (TPSA) is 52.9 Å². The second-order valence-corrected chi connectivity index (χ2v) is 8.87. The van der Waals surface area contributed by atoms with Crippen molar-refractivity contribution < 1.29 is 21.8 Å². The lowest BCUT2D eigenvalue weighted by Gasteiger charge is -2.39. The summed E-state index contributed by atoms with van der Waals surface area (Å²) >= 11 is 0. The molecule has 0 spiro atoms. The van der Waals surface area contributed by atoms with Gasteiger partial charge in [0.2, 0.25) is 0 Å². The van der Waals surface area contributed by atoms with Crippen LogP contribution in [0.1, 0.15) is 55.4 Å². The number of rotatable bonds is 6. The van der Waals surface area contributed by atoms with E-state index in [1.807, 2.05) is 24.3 Å². The molecule has 1 saturated heterocycles. The van der Waals surface area contributed by atoms with Crippen molar-refractivity contribution in [2.45, 2.75) is 32.7 Å². The number of hydrogen-bond donors (Lipinski definition) is 2. The molecule has 1 unspecified atom stereocenters. The van der Waals surface area contributed by atoms with Crippen LogP contribution in [0.15, 0.2) is 66.7 Å². The number of hydrogen-bond acceptors (Lipinski definition) is 4. The molecule has 170 valence electrons. The third kappa shape index (κ3) is 4.36. The van der Waals surface area contributed by atoms with Gasteiger partial charge in [0.1, 0.15) is 23.4 Å². The minimum atomic E-state index is -2.45. The zero-order chi connectivity index (χ0) is 27.0. The highest BCUT2D eigenvalue weighted by molar-refractivity contribution is 5.95. The normalized spacial score (nSPS) is 21.2. The van der Waals surface area contributed by atoms with Crippen molar-refractivity contribution >= 4 is 11.1 Å². The van der Waals surface area contributed by atoms with Crippen molar-refractivity contribution in [3.05, 3.63) is 89.0 Å². The molecule has 2 heterocycles. The molecular weight excluding hydrogens is 410 g/mol. The zero-order valence-corrected chi connectivity index (χ0v) is 18.4. The van der Waals surface area contributed by atoms with Crippen LogP contribution in [-0.2, 0) is 6.42 Å². The Morgan fingerprint density at radius 2 is 1.73 bits per heavy atom. The maximum Gasteiger partial charge on any atom is 0.150 e. The van der Waals surface area contributed by atoms with E-state index < -0.39 is 19.8 Å². The van der Waals surface area contributed by atoms with Gasteiger partial charge in [-0.1, -0.05) is 43.3 Å². The molecule has 33 heavy (non-hydrogen) atoms. The Balaban J connectivity index is 1.46. The summed E-state index contributed by atoms with van der Waals surface area (Å²) < 4.78 is 46.2. The van der Waals surface area contributed by atoms with Crippen LogP contribution in [0.4, 0.5) is 0 Å². The molecule has 0 saturated carbocycles. The number of fused-ring (bicyclic) bond motifs is 1. The fraction of sp³-hybridized carbons (Fsp3) is 0.310. The van der Waals surface area contributed by atoms with Gasteiger partial charge in [-0.3, -0.25) is 0 Å². The molecule has 3 aromatic carbocycles. The summed E-state index contributed by atoms with van der Waals surface area (Å²) in [5.41, 5.74) is 3.69. The maximum absolute atomic E-state index is 10.1. The standard InChI is InChI=1S/C29H31NO3/c1-3-14-30-17-21(18-30)15-20-4-6-23(7-5-20)29-28(22-8-10-24(31)11-9-22)19(2)26-13-12-25(32)16-27(26)33-29/h4-13,16,21,29,31-32H,3,14-15,17-18H2,1-2H3/i1D2,2D3. The quantitative estimate of drug-likeness (QED) is 0.484. The van der Waals surface area contributed by atoms with Crippen LogP contribution in [0.2, 0.25) is 0 Å². The van der Waals surface area contributed by atoms with Crippen LogP contribution >= 0.6 is 0 Å². The number of phenols is 2. The first-order valence-corrected chi connectivity index (χ1v) is 11.3. The molecule has 4 nitrogen and oxygen atoms in total. The first kappa shape index (κ1) is 16.4. The molecule has 5 rings (SSSR count). The lowest BCUT2D eigenvalue weighted by Crippen LogP contribution is -2.47. The highest BCUT2D eigenvalue weighted by Crippen LogP contribution is 2.47. The van der Waals surface area contributed by atoms with Crippen LogP contribution in [0.5, 0.6) is 17.2 Å². The first-order valence-electron chi connectivity index (χ1n) is 13.9. The number of likely N-dealkylation sites (tertiary alicyclic amines) is 1. The maximum atomic E-state index is 10.1. The number of ether oxygens (including phenoxy) is 1. The predicted molar refractivity (Wildman–Crippen MR) is 132 cm³/mol. The van der Waals surface area contributed by atoms with Gasteiger partial charge >= 0.3 is 0 Å². The number of allylic oxidation sites excluding steroid dienone is 1. The summed E-state index contributed by atoms with van der Waals surface area (Å²) in [6, 6.07) is 18.9. The van der Waals surface area contributed by atoms with Crippen LogP contribution in [-0.4, -0.2) is 34.7 Å². The largest absolute Gasteiger partial charge is 0.508 e. The van der Waals surface area contributed by atoms with Crippen molar-refractivity contribution in [1.82, 2.24) is 4.90 Å². The zero-order valence-electron chi connectivity index (χ0n) is 23.4. The summed E-state index contributed by atoms with van der Waals surface area (Å²) in [5, 5.41) is 19.9. The van der Waals surface area contributed by atoms with E-state index in [4.69, 9.17) is 11.6 Å². The Kier molecular flexibility index (Phi) is 4.44. The van der Waals surface area contributed by atoms with Gasteiger partial charge in [0, 0.05) is 37.1 Å². The number of aromatic hydroxyl groups is 2. The second-order valence-electron chi connectivity index (χ2n) is 8.87. The van der Waals surface area contributed by atoms with E-state index in [1.54, 1.807) is 18.2 Å². The highest BCUT2D eigenvalue weighted by atomic mass is 16.5. The molecule has 1 atom stereocenters. The number of phenolic OH excluding ortho intramolecular Hbond substituents is 2. The fourth-order valence-corrected chi connectivity index (χ4v) is 4.78. The van der Waals surface area contributed by atoms with Gasteiger partial charge in [-0.2, -0.15) is 0 Å². The molecule has 4 heteroatoms. The predicted octanol–water partition coefficient (Wildman–Crippen LogP) is 6.05. The minimum absolute atomic E-state index is 0.00802. The van der Waals surface area contributed by atoms with Crippen molar-refractivity contribution in [2.75, 3.05) is 19.6 Å². The van der Waals surface area contributed by atoms with E-state index in [1.165, 1.54) is 29.8 Å². The van der Waals surface area contributed by atoms with Crippen LogP contribution < -0.4 is 4.74 Å². The van der Waals surface area contributed by atoms with Gasteiger partial charge in [-0.15, -0.1) is 0 Å². The van der Waals surface area contributed by atoms with Crippen LogP contribution in [0, 0.1) is 5.92 Å². The molecule has 0 amide bonds. The van der Waals surface area contributed by atoms with Crippen molar-refractivity contribution in [3.8, 4) is 17.2 Å². The third-order valence-electron chi connectivity index (χ3n) is 6.47.